The molecule has 0 aliphatic heterocycles. The van der Waals surface area contributed by atoms with Crippen LogP contribution >= 0.6 is 0 Å². The van der Waals surface area contributed by atoms with Gasteiger partial charge in [-0.1, -0.05) is 54.6 Å². The van der Waals surface area contributed by atoms with E-state index >= 15 is 0 Å². The molecule has 0 bridgehead atoms. The number of nitrogens with one attached hydrogen (secondary N) is 1. The predicted octanol–water partition coefficient (Wildman–Crippen LogP) is 4.46. The van der Waals surface area contributed by atoms with E-state index in [4.69, 9.17) is 16.3 Å². The highest BCUT2D eigenvalue weighted by Gasteiger charge is 2.31. The van der Waals surface area contributed by atoms with Gasteiger partial charge in [0.25, 0.3) is 0 Å². The minimum atomic E-state index is -4.74. The van der Waals surface area contributed by atoms with E-state index in [2.05, 4.69) is 10.2 Å². The summed E-state index contributed by atoms with van der Waals surface area (Å²) in [6.45, 7) is 2.53. The quantitative estimate of drug-likeness (QED) is 0.164. The third kappa shape index (κ3) is 7.41. The van der Waals surface area contributed by atoms with Crippen molar-refractivity contribution in [1.82, 2.24) is 5.43 Å². The molecule has 3 rings (SSSR count). The van der Waals surface area contributed by atoms with Crippen LogP contribution in [0.5, 0.6) is 5.75 Å². The molecule has 10 heteroatoms. The monoisotopic (exact) mass is 500 g/mol. The standard InChI is InChI=1S/C26H27F3N4O3/c1-2-35-25(34)24(32-31)23(30)17-33(16-18-6-4-3-5-7-18)21-12-8-19(9-13-21)20-10-14-22(15-11-20)36-26(27,28)29/h3-15,32H,2,16-17,30-31H2,1H3/b24-23-. The number of hydrogen-bond acceptors (Lipinski definition) is 7. The minimum absolute atomic E-state index is 0.0207. The summed E-state index contributed by atoms with van der Waals surface area (Å²) in [5.41, 5.74) is 12.1. The molecule has 5 N–H and O–H groups in total. The molecule has 0 aliphatic carbocycles. The summed E-state index contributed by atoms with van der Waals surface area (Å²) in [6.07, 6.45) is -4.74. The largest absolute Gasteiger partial charge is 0.573 e. The molecule has 3 aromatic carbocycles. The van der Waals surface area contributed by atoms with Gasteiger partial charge in [-0.2, -0.15) is 0 Å². The molecule has 0 heterocycles. The number of benzene rings is 3. The molecule has 0 amide bonds. The zero-order valence-corrected chi connectivity index (χ0v) is 19.6. The summed E-state index contributed by atoms with van der Waals surface area (Å²) in [5, 5.41) is 0. The van der Waals surface area contributed by atoms with Crippen molar-refractivity contribution in [2.24, 2.45) is 11.6 Å². The van der Waals surface area contributed by atoms with Crippen molar-refractivity contribution >= 4 is 11.7 Å². The van der Waals surface area contributed by atoms with Gasteiger partial charge in [0.2, 0.25) is 0 Å². The van der Waals surface area contributed by atoms with E-state index in [1.54, 1.807) is 19.1 Å². The van der Waals surface area contributed by atoms with Crippen molar-refractivity contribution in [3.63, 3.8) is 0 Å². The van der Waals surface area contributed by atoms with Crippen LogP contribution in [0.25, 0.3) is 11.1 Å². The van der Waals surface area contributed by atoms with Gasteiger partial charge in [-0.25, -0.2) is 4.79 Å². The summed E-state index contributed by atoms with van der Waals surface area (Å²) >= 11 is 0. The summed E-state index contributed by atoms with van der Waals surface area (Å²) in [5.74, 6) is 4.59. The number of esters is 1. The summed E-state index contributed by atoms with van der Waals surface area (Å²) in [4.78, 5) is 14.2. The Morgan fingerprint density at radius 3 is 2.06 bits per heavy atom. The Morgan fingerprint density at radius 1 is 0.944 bits per heavy atom. The fraction of sp³-hybridized carbons (Fsp3) is 0.192. The summed E-state index contributed by atoms with van der Waals surface area (Å²) in [6, 6.07) is 22.8. The highest BCUT2D eigenvalue weighted by Crippen LogP contribution is 2.28. The molecule has 0 unspecified atom stereocenters. The van der Waals surface area contributed by atoms with Gasteiger partial charge in [-0.15, -0.1) is 13.2 Å². The fourth-order valence-corrected chi connectivity index (χ4v) is 3.53. The van der Waals surface area contributed by atoms with E-state index in [1.807, 2.05) is 59.5 Å². The van der Waals surface area contributed by atoms with Crippen LogP contribution in [-0.4, -0.2) is 25.5 Å². The van der Waals surface area contributed by atoms with Crippen LogP contribution in [0.1, 0.15) is 12.5 Å². The van der Waals surface area contributed by atoms with Crippen molar-refractivity contribution in [3.8, 4) is 16.9 Å². The Balaban J connectivity index is 1.86. The maximum Gasteiger partial charge on any atom is 0.573 e. The van der Waals surface area contributed by atoms with Crippen LogP contribution in [0, 0.1) is 0 Å². The third-order valence-corrected chi connectivity index (χ3v) is 5.18. The van der Waals surface area contributed by atoms with Gasteiger partial charge in [0.1, 0.15) is 5.75 Å². The number of nitrogens with zero attached hydrogens (tertiary/aromatic N) is 1. The number of alkyl halides is 3. The molecule has 36 heavy (non-hydrogen) atoms. The zero-order chi connectivity index (χ0) is 26.1. The molecule has 0 fully saturated rings. The van der Waals surface area contributed by atoms with Crippen molar-refractivity contribution in [2.45, 2.75) is 19.8 Å². The lowest BCUT2D eigenvalue weighted by atomic mass is 10.0. The Morgan fingerprint density at radius 2 is 1.53 bits per heavy atom. The lowest BCUT2D eigenvalue weighted by Gasteiger charge is -2.26. The number of nitrogens with two attached hydrogens (primary N) is 2. The second-order valence-electron chi connectivity index (χ2n) is 7.73. The Labute approximate surface area is 207 Å². The number of carbonyl (C=O) groups excluding carboxylic acids is 1. The Bertz CT molecular complexity index is 1170. The first kappa shape index (κ1) is 26.4. The third-order valence-electron chi connectivity index (χ3n) is 5.18. The Kier molecular flexibility index (Phi) is 8.80. The lowest BCUT2D eigenvalue weighted by molar-refractivity contribution is -0.274. The van der Waals surface area contributed by atoms with Crippen molar-refractivity contribution in [3.05, 3.63) is 95.8 Å². The van der Waals surface area contributed by atoms with Crippen LogP contribution < -0.4 is 26.6 Å². The first-order valence-corrected chi connectivity index (χ1v) is 11.1. The van der Waals surface area contributed by atoms with Crippen LogP contribution in [0.15, 0.2) is 90.3 Å². The average molecular weight is 501 g/mol. The van der Waals surface area contributed by atoms with Crippen LogP contribution in [0.2, 0.25) is 0 Å². The van der Waals surface area contributed by atoms with E-state index in [0.717, 1.165) is 22.4 Å². The molecule has 0 aromatic heterocycles. The summed E-state index contributed by atoms with van der Waals surface area (Å²) in [7, 11) is 0. The molecule has 0 spiro atoms. The lowest BCUT2D eigenvalue weighted by Crippen LogP contribution is -2.36. The second kappa shape index (κ2) is 12.0. The van der Waals surface area contributed by atoms with Crippen molar-refractivity contribution in [2.75, 3.05) is 18.1 Å². The number of carbonyl (C=O) groups is 1. The van der Waals surface area contributed by atoms with E-state index in [1.165, 1.54) is 12.1 Å². The van der Waals surface area contributed by atoms with E-state index in [9.17, 15) is 18.0 Å². The van der Waals surface area contributed by atoms with E-state index in [0.29, 0.717) is 6.54 Å². The maximum atomic E-state index is 12.4. The molecular formula is C26H27F3N4O3. The highest BCUT2D eigenvalue weighted by molar-refractivity contribution is 5.88. The van der Waals surface area contributed by atoms with Gasteiger partial charge < -0.3 is 25.5 Å². The number of ether oxygens (including phenoxy) is 2. The first-order chi connectivity index (χ1) is 17.2. The molecular weight excluding hydrogens is 473 g/mol. The van der Waals surface area contributed by atoms with Crippen molar-refractivity contribution < 1.29 is 27.4 Å². The van der Waals surface area contributed by atoms with Crippen molar-refractivity contribution in [1.29, 1.82) is 0 Å². The topological polar surface area (TPSA) is 103 Å². The normalized spacial score (nSPS) is 11.9. The molecule has 3 aromatic rings. The van der Waals surface area contributed by atoms with E-state index < -0.39 is 12.3 Å². The number of anilines is 1. The maximum absolute atomic E-state index is 12.4. The van der Waals surface area contributed by atoms with Gasteiger partial charge >= 0.3 is 12.3 Å². The van der Waals surface area contributed by atoms with Gasteiger partial charge in [-0.3, -0.25) is 5.84 Å². The first-order valence-electron chi connectivity index (χ1n) is 11.1. The zero-order valence-electron chi connectivity index (χ0n) is 19.6. The van der Waals surface area contributed by atoms with Gasteiger partial charge in [-0.05, 0) is 47.9 Å². The average Bonchev–Trinajstić information content (AvgIpc) is 2.84. The molecule has 0 aliphatic rings. The van der Waals surface area contributed by atoms with Crippen LogP contribution in [0.3, 0.4) is 0 Å². The van der Waals surface area contributed by atoms with Gasteiger partial charge in [0, 0.05) is 12.2 Å². The SMILES string of the molecule is CCOC(=O)/C(NN)=C(/N)CN(Cc1ccccc1)c1ccc(-c2ccc(OC(F)(F)F)cc2)cc1. The number of hydrazine groups is 1. The van der Waals surface area contributed by atoms with Crippen LogP contribution in [-0.2, 0) is 16.1 Å². The van der Waals surface area contributed by atoms with Crippen LogP contribution in [0.4, 0.5) is 18.9 Å². The number of halogens is 3. The number of hydrogen-bond donors (Lipinski definition) is 3. The smallest absolute Gasteiger partial charge is 0.461 e. The molecule has 0 saturated carbocycles. The fourth-order valence-electron chi connectivity index (χ4n) is 3.53. The molecule has 190 valence electrons. The van der Waals surface area contributed by atoms with Gasteiger partial charge in [0.05, 0.1) is 18.8 Å². The minimum Gasteiger partial charge on any atom is -0.461 e. The molecule has 0 saturated heterocycles. The highest BCUT2D eigenvalue weighted by atomic mass is 19.4. The molecule has 0 atom stereocenters. The van der Waals surface area contributed by atoms with Gasteiger partial charge in [0.15, 0.2) is 5.70 Å². The number of rotatable bonds is 10. The molecule has 0 radical (unpaired) electrons. The second-order valence-corrected chi connectivity index (χ2v) is 7.73. The van der Waals surface area contributed by atoms with E-state index in [-0.39, 0.29) is 30.3 Å². The predicted molar refractivity (Wildman–Crippen MR) is 131 cm³/mol. The Hall–Kier alpha value is -4.18. The summed E-state index contributed by atoms with van der Waals surface area (Å²) < 4.78 is 46.2. The molecule has 7 nitrogen and oxygen atoms in total.